The zero-order valence-electron chi connectivity index (χ0n) is 19.2. The van der Waals surface area contributed by atoms with E-state index < -0.39 is 5.97 Å². The maximum absolute atomic E-state index is 15.2. The SMILES string of the molecule is CCN(c1ccc(-c2nc3ccc(C4(c5ccccc5)CC4)nc3s2)c(F)c1)C(C)CC(=O)O. The first-order chi connectivity index (χ1) is 16.4. The summed E-state index contributed by atoms with van der Waals surface area (Å²) in [4.78, 5) is 23.4. The number of hydrogen-bond donors (Lipinski definition) is 1. The van der Waals surface area contributed by atoms with Crippen molar-refractivity contribution in [2.75, 3.05) is 11.4 Å². The average Bonchev–Trinajstić information content (AvgIpc) is 3.52. The number of hydrogen-bond acceptors (Lipinski definition) is 5. The van der Waals surface area contributed by atoms with Crippen LogP contribution in [0.25, 0.3) is 20.9 Å². The number of benzene rings is 2. The minimum absolute atomic E-state index is 0.00639. The van der Waals surface area contributed by atoms with Crippen LogP contribution >= 0.6 is 11.3 Å². The van der Waals surface area contributed by atoms with Crippen molar-refractivity contribution in [3.63, 3.8) is 0 Å². The molecule has 1 unspecified atom stereocenters. The maximum Gasteiger partial charge on any atom is 0.305 e. The van der Waals surface area contributed by atoms with Crippen molar-refractivity contribution in [1.29, 1.82) is 0 Å². The predicted molar refractivity (Wildman–Crippen MR) is 134 cm³/mol. The van der Waals surface area contributed by atoms with Crippen molar-refractivity contribution in [3.8, 4) is 10.6 Å². The summed E-state index contributed by atoms with van der Waals surface area (Å²) in [5.74, 6) is -1.25. The Bertz CT molecular complexity index is 1350. The molecule has 0 bridgehead atoms. The third-order valence-electron chi connectivity index (χ3n) is 6.68. The summed E-state index contributed by atoms with van der Waals surface area (Å²) in [6.45, 7) is 4.36. The lowest BCUT2D eigenvalue weighted by Crippen LogP contribution is -2.34. The Kier molecular flexibility index (Phi) is 5.81. The van der Waals surface area contributed by atoms with E-state index in [9.17, 15) is 4.79 Å². The van der Waals surface area contributed by atoms with Gasteiger partial charge in [-0.1, -0.05) is 41.7 Å². The Morgan fingerprint density at radius 3 is 2.56 bits per heavy atom. The smallest absolute Gasteiger partial charge is 0.305 e. The van der Waals surface area contributed by atoms with E-state index in [4.69, 9.17) is 10.1 Å². The molecule has 0 amide bonds. The van der Waals surface area contributed by atoms with Crippen LogP contribution in [0.1, 0.15) is 44.4 Å². The van der Waals surface area contributed by atoms with Crippen molar-refractivity contribution < 1.29 is 14.3 Å². The molecule has 174 valence electrons. The van der Waals surface area contributed by atoms with Gasteiger partial charge in [0, 0.05) is 29.3 Å². The van der Waals surface area contributed by atoms with Gasteiger partial charge < -0.3 is 10.0 Å². The van der Waals surface area contributed by atoms with Gasteiger partial charge in [-0.2, -0.15) is 0 Å². The molecule has 2 aromatic carbocycles. The van der Waals surface area contributed by atoms with Crippen LogP contribution in [-0.4, -0.2) is 33.6 Å². The summed E-state index contributed by atoms with van der Waals surface area (Å²) < 4.78 is 15.2. The van der Waals surface area contributed by atoms with E-state index in [0.717, 1.165) is 28.9 Å². The first kappa shape index (κ1) is 22.5. The number of nitrogens with zero attached hydrogens (tertiary/aromatic N) is 3. The highest BCUT2D eigenvalue weighted by molar-refractivity contribution is 7.21. The molecule has 2 heterocycles. The lowest BCUT2D eigenvalue weighted by atomic mass is 9.92. The number of aliphatic carboxylic acids is 1. The number of carboxylic acid groups (broad SMARTS) is 1. The van der Waals surface area contributed by atoms with Crippen LogP contribution in [0, 0.1) is 5.82 Å². The van der Waals surface area contributed by atoms with E-state index in [1.54, 1.807) is 6.07 Å². The van der Waals surface area contributed by atoms with E-state index in [1.807, 2.05) is 43.0 Å². The molecule has 1 aliphatic carbocycles. The van der Waals surface area contributed by atoms with E-state index in [1.165, 1.54) is 23.0 Å². The molecular formula is C27H26FN3O2S. The second kappa shape index (κ2) is 8.80. The Morgan fingerprint density at radius 1 is 1.15 bits per heavy atom. The van der Waals surface area contributed by atoms with E-state index in [0.29, 0.717) is 22.8 Å². The molecule has 34 heavy (non-hydrogen) atoms. The summed E-state index contributed by atoms with van der Waals surface area (Å²) in [6, 6.07) is 19.3. The van der Waals surface area contributed by atoms with Gasteiger partial charge in [-0.25, -0.2) is 14.4 Å². The summed E-state index contributed by atoms with van der Waals surface area (Å²) in [5, 5.41) is 9.71. The molecule has 0 saturated heterocycles. The molecule has 1 saturated carbocycles. The van der Waals surface area contributed by atoms with E-state index in [-0.39, 0.29) is 23.7 Å². The molecule has 0 spiro atoms. The Labute approximate surface area is 201 Å². The van der Waals surface area contributed by atoms with Gasteiger partial charge in [-0.3, -0.25) is 4.79 Å². The van der Waals surface area contributed by atoms with Crippen molar-refractivity contribution in [1.82, 2.24) is 9.97 Å². The van der Waals surface area contributed by atoms with Crippen LogP contribution in [-0.2, 0) is 10.2 Å². The van der Waals surface area contributed by atoms with Gasteiger partial charge in [-0.15, -0.1) is 0 Å². The number of halogens is 1. The molecular weight excluding hydrogens is 449 g/mol. The number of carbonyl (C=O) groups is 1. The normalized spacial score (nSPS) is 15.3. The number of anilines is 1. The van der Waals surface area contributed by atoms with E-state index in [2.05, 4.69) is 29.2 Å². The fourth-order valence-electron chi connectivity index (χ4n) is 4.74. The van der Waals surface area contributed by atoms with Gasteiger partial charge in [-0.05, 0) is 62.6 Å². The van der Waals surface area contributed by atoms with Crippen molar-refractivity contribution in [2.24, 2.45) is 0 Å². The Balaban J connectivity index is 1.45. The number of carboxylic acids is 1. The quantitative estimate of drug-likeness (QED) is 0.325. The fourth-order valence-corrected chi connectivity index (χ4v) is 5.71. The number of aromatic nitrogens is 2. The van der Waals surface area contributed by atoms with Crippen molar-refractivity contribution in [2.45, 2.75) is 44.6 Å². The molecule has 4 aromatic rings. The van der Waals surface area contributed by atoms with Crippen LogP contribution in [0.5, 0.6) is 0 Å². The molecule has 1 atom stereocenters. The van der Waals surface area contributed by atoms with Gasteiger partial charge in [0.2, 0.25) is 0 Å². The molecule has 1 N–H and O–H groups in total. The summed E-state index contributed by atoms with van der Waals surface area (Å²) >= 11 is 1.40. The van der Waals surface area contributed by atoms with Crippen LogP contribution < -0.4 is 4.90 Å². The highest BCUT2D eigenvalue weighted by Crippen LogP contribution is 2.53. The second-order valence-electron chi connectivity index (χ2n) is 8.88. The molecule has 1 fully saturated rings. The lowest BCUT2D eigenvalue weighted by Gasteiger charge is -2.29. The summed E-state index contributed by atoms with van der Waals surface area (Å²) in [5.41, 5.74) is 4.16. The van der Waals surface area contributed by atoms with Crippen LogP contribution in [0.4, 0.5) is 10.1 Å². The van der Waals surface area contributed by atoms with Crippen molar-refractivity contribution >= 4 is 33.3 Å². The second-order valence-corrected chi connectivity index (χ2v) is 9.86. The lowest BCUT2D eigenvalue weighted by molar-refractivity contribution is -0.137. The van der Waals surface area contributed by atoms with Gasteiger partial charge in [0.1, 0.15) is 21.2 Å². The highest BCUT2D eigenvalue weighted by Gasteiger charge is 2.47. The Morgan fingerprint density at radius 2 is 1.91 bits per heavy atom. The zero-order chi connectivity index (χ0) is 23.9. The molecule has 0 radical (unpaired) electrons. The number of thiazole rings is 1. The minimum atomic E-state index is -0.871. The van der Waals surface area contributed by atoms with Gasteiger partial charge in [0.25, 0.3) is 0 Å². The monoisotopic (exact) mass is 475 g/mol. The van der Waals surface area contributed by atoms with Gasteiger partial charge in [0.15, 0.2) is 0 Å². The van der Waals surface area contributed by atoms with E-state index >= 15 is 4.39 Å². The summed E-state index contributed by atoms with van der Waals surface area (Å²) in [6.07, 6.45) is 2.14. The van der Waals surface area contributed by atoms with Crippen LogP contribution in [0.3, 0.4) is 0 Å². The number of fused-ring (bicyclic) bond motifs is 1. The number of rotatable bonds is 8. The molecule has 5 rings (SSSR count). The fraction of sp³-hybridized carbons (Fsp3) is 0.296. The standard InChI is InChI=1S/C27H26FN3O2S/c1-3-31(17(2)15-24(32)33)19-9-10-20(21(28)16-19)25-29-22-11-12-23(30-26(22)34-25)27(13-14-27)18-7-5-4-6-8-18/h4-12,16-17H,3,13-15H2,1-2H3,(H,32,33). The topological polar surface area (TPSA) is 66.3 Å². The zero-order valence-corrected chi connectivity index (χ0v) is 20.0. The first-order valence-electron chi connectivity index (χ1n) is 11.5. The molecule has 5 nitrogen and oxygen atoms in total. The first-order valence-corrected chi connectivity index (χ1v) is 12.3. The van der Waals surface area contributed by atoms with Gasteiger partial charge in [0.05, 0.1) is 12.1 Å². The third-order valence-corrected chi connectivity index (χ3v) is 7.68. The van der Waals surface area contributed by atoms with Crippen LogP contribution in [0.2, 0.25) is 0 Å². The third kappa shape index (κ3) is 4.05. The highest BCUT2D eigenvalue weighted by atomic mass is 32.1. The Hall–Kier alpha value is -3.32. The molecule has 1 aliphatic rings. The largest absolute Gasteiger partial charge is 0.481 e. The molecule has 2 aromatic heterocycles. The van der Waals surface area contributed by atoms with Gasteiger partial charge >= 0.3 is 5.97 Å². The molecule has 7 heteroatoms. The van der Waals surface area contributed by atoms with Crippen LogP contribution in [0.15, 0.2) is 60.7 Å². The summed E-state index contributed by atoms with van der Waals surface area (Å²) in [7, 11) is 0. The maximum atomic E-state index is 15.2. The molecule has 0 aliphatic heterocycles. The minimum Gasteiger partial charge on any atom is -0.481 e. The average molecular weight is 476 g/mol. The predicted octanol–water partition coefficient (Wildman–Crippen LogP) is 6.27. The number of pyridine rings is 1. The van der Waals surface area contributed by atoms with Crippen molar-refractivity contribution in [3.05, 3.63) is 77.7 Å².